The van der Waals surface area contributed by atoms with E-state index < -0.39 is 6.10 Å². The van der Waals surface area contributed by atoms with E-state index in [9.17, 15) is 5.11 Å². The average Bonchev–Trinajstić information content (AvgIpc) is 2.98. The predicted octanol–water partition coefficient (Wildman–Crippen LogP) is 2.35. The summed E-state index contributed by atoms with van der Waals surface area (Å²) < 4.78 is 5.00. The molecule has 1 N–H and O–H groups in total. The highest BCUT2D eigenvalue weighted by Gasteiger charge is 2.18. The second-order valence-electron chi connectivity index (χ2n) is 4.52. The van der Waals surface area contributed by atoms with Crippen molar-refractivity contribution in [3.63, 3.8) is 0 Å². The van der Waals surface area contributed by atoms with E-state index in [1.165, 1.54) is 11.3 Å². The number of aliphatic hydroxyl groups excluding tert-OH is 1. The lowest BCUT2D eigenvalue weighted by Crippen LogP contribution is -2.12. The van der Waals surface area contributed by atoms with Crippen molar-refractivity contribution in [1.29, 1.82) is 0 Å². The number of aliphatic hydroxyl groups is 1. The third-order valence-electron chi connectivity index (χ3n) is 3.41. The molecule has 0 bridgehead atoms. The largest absolute Gasteiger partial charge is 0.472 e. The van der Waals surface area contributed by atoms with Crippen molar-refractivity contribution in [1.82, 2.24) is 0 Å². The molecule has 0 spiro atoms. The molecule has 1 unspecified atom stereocenters. The Morgan fingerprint density at radius 2 is 2.18 bits per heavy atom. The second kappa shape index (κ2) is 3.93. The van der Waals surface area contributed by atoms with E-state index in [-0.39, 0.29) is 0 Å². The molecule has 0 aliphatic carbocycles. The highest BCUT2D eigenvalue weighted by Crippen LogP contribution is 2.31. The van der Waals surface area contributed by atoms with Crippen molar-refractivity contribution in [3.05, 3.63) is 53.5 Å². The Hall–Kier alpha value is -1.74. The Labute approximate surface area is 100 Å². The number of hydrogen-bond acceptors (Lipinski definition) is 3. The van der Waals surface area contributed by atoms with Crippen LogP contribution >= 0.6 is 0 Å². The fourth-order valence-corrected chi connectivity index (χ4v) is 2.38. The van der Waals surface area contributed by atoms with E-state index in [1.807, 2.05) is 6.07 Å². The first-order chi connectivity index (χ1) is 8.25. The van der Waals surface area contributed by atoms with Gasteiger partial charge in [-0.25, -0.2) is 0 Å². The van der Waals surface area contributed by atoms with Crippen LogP contribution in [-0.4, -0.2) is 18.7 Å². The molecule has 17 heavy (non-hydrogen) atoms. The van der Waals surface area contributed by atoms with Gasteiger partial charge in [0, 0.05) is 24.8 Å². The summed E-state index contributed by atoms with van der Waals surface area (Å²) in [5, 5.41) is 10.2. The van der Waals surface area contributed by atoms with Gasteiger partial charge in [-0.2, -0.15) is 0 Å². The number of furan rings is 1. The standard InChI is InChI=1S/C14H15NO2/c1-15-6-4-10-8-11(2-3-13(10)15)14(16)12-5-7-17-9-12/h2-3,5,7-9,14,16H,4,6H2,1H3. The molecule has 0 saturated heterocycles. The van der Waals surface area contributed by atoms with Crippen molar-refractivity contribution in [2.45, 2.75) is 12.5 Å². The summed E-state index contributed by atoms with van der Waals surface area (Å²) in [4.78, 5) is 2.24. The molecule has 1 aromatic carbocycles. The van der Waals surface area contributed by atoms with Crippen LogP contribution in [0.1, 0.15) is 22.8 Å². The minimum Gasteiger partial charge on any atom is -0.472 e. The zero-order chi connectivity index (χ0) is 11.8. The van der Waals surface area contributed by atoms with Gasteiger partial charge in [0.05, 0.1) is 12.5 Å². The fraction of sp³-hybridized carbons (Fsp3) is 0.286. The molecular weight excluding hydrogens is 214 g/mol. The topological polar surface area (TPSA) is 36.6 Å². The van der Waals surface area contributed by atoms with Gasteiger partial charge < -0.3 is 14.4 Å². The Kier molecular flexibility index (Phi) is 2.41. The zero-order valence-electron chi connectivity index (χ0n) is 9.76. The number of benzene rings is 1. The highest BCUT2D eigenvalue weighted by atomic mass is 16.3. The molecule has 0 radical (unpaired) electrons. The average molecular weight is 229 g/mol. The first kappa shape index (κ1) is 10.4. The number of hydrogen-bond donors (Lipinski definition) is 1. The number of nitrogens with zero attached hydrogens (tertiary/aromatic N) is 1. The van der Waals surface area contributed by atoms with Gasteiger partial charge in [-0.15, -0.1) is 0 Å². The first-order valence-corrected chi connectivity index (χ1v) is 5.80. The molecule has 1 aliphatic rings. The van der Waals surface area contributed by atoms with Crippen LogP contribution in [0, 0.1) is 0 Å². The van der Waals surface area contributed by atoms with Crippen LogP contribution in [0.25, 0.3) is 0 Å². The molecule has 0 saturated carbocycles. The van der Waals surface area contributed by atoms with Crippen LogP contribution in [0.15, 0.2) is 41.2 Å². The van der Waals surface area contributed by atoms with Gasteiger partial charge >= 0.3 is 0 Å². The molecule has 2 aromatic rings. The van der Waals surface area contributed by atoms with Crippen molar-refractivity contribution in [3.8, 4) is 0 Å². The first-order valence-electron chi connectivity index (χ1n) is 5.80. The van der Waals surface area contributed by atoms with E-state index in [2.05, 4.69) is 24.1 Å². The van der Waals surface area contributed by atoms with E-state index >= 15 is 0 Å². The van der Waals surface area contributed by atoms with Gasteiger partial charge in [0.1, 0.15) is 6.10 Å². The maximum Gasteiger partial charge on any atom is 0.107 e. The lowest BCUT2D eigenvalue weighted by molar-refractivity contribution is 0.219. The predicted molar refractivity (Wildman–Crippen MR) is 66.2 cm³/mol. The van der Waals surface area contributed by atoms with E-state index in [0.717, 1.165) is 24.1 Å². The van der Waals surface area contributed by atoms with E-state index in [1.54, 1.807) is 18.6 Å². The molecular formula is C14H15NO2. The molecule has 1 atom stereocenters. The summed E-state index contributed by atoms with van der Waals surface area (Å²) in [5.74, 6) is 0. The Morgan fingerprint density at radius 3 is 2.94 bits per heavy atom. The van der Waals surface area contributed by atoms with Crippen molar-refractivity contribution in [2.75, 3.05) is 18.5 Å². The molecule has 3 nitrogen and oxygen atoms in total. The number of fused-ring (bicyclic) bond motifs is 1. The SMILES string of the molecule is CN1CCc2cc(C(O)c3ccoc3)ccc21. The Morgan fingerprint density at radius 1 is 1.29 bits per heavy atom. The van der Waals surface area contributed by atoms with Crippen LogP contribution in [0.4, 0.5) is 5.69 Å². The van der Waals surface area contributed by atoms with Gasteiger partial charge in [-0.05, 0) is 29.7 Å². The van der Waals surface area contributed by atoms with Crippen LogP contribution < -0.4 is 4.90 Å². The van der Waals surface area contributed by atoms with Crippen molar-refractivity contribution in [2.24, 2.45) is 0 Å². The quantitative estimate of drug-likeness (QED) is 0.858. The third kappa shape index (κ3) is 1.72. The molecule has 2 heterocycles. The second-order valence-corrected chi connectivity index (χ2v) is 4.52. The minimum atomic E-state index is -0.593. The van der Waals surface area contributed by atoms with E-state index in [4.69, 9.17) is 4.42 Å². The summed E-state index contributed by atoms with van der Waals surface area (Å²) in [7, 11) is 2.10. The maximum absolute atomic E-state index is 10.2. The van der Waals surface area contributed by atoms with Crippen LogP contribution in [0.2, 0.25) is 0 Å². The zero-order valence-corrected chi connectivity index (χ0v) is 9.76. The highest BCUT2D eigenvalue weighted by molar-refractivity contribution is 5.59. The summed E-state index contributed by atoms with van der Waals surface area (Å²) in [6.45, 7) is 1.06. The number of likely N-dealkylation sites (N-methyl/N-ethyl adjacent to an activating group) is 1. The van der Waals surface area contributed by atoms with Gasteiger partial charge in [-0.3, -0.25) is 0 Å². The van der Waals surface area contributed by atoms with Crippen molar-refractivity contribution >= 4 is 5.69 Å². The minimum absolute atomic E-state index is 0.593. The van der Waals surface area contributed by atoms with Gasteiger partial charge in [-0.1, -0.05) is 12.1 Å². The Bertz CT molecular complexity index is 519. The molecule has 0 fully saturated rings. The monoisotopic (exact) mass is 229 g/mol. The summed E-state index contributed by atoms with van der Waals surface area (Å²) in [6.07, 6.45) is 3.63. The number of anilines is 1. The molecule has 3 rings (SSSR count). The summed E-state index contributed by atoms with van der Waals surface area (Å²) in [6, 6.07) is 7.96. The number of rotatable bonds is 2. The van der Waals surface area contributed by atoms with Crippen LogP contribution in [-0.2, 0) is 6.42 Å². The Balaban J connectivity index is 1.95. The molecule has 1 aromatic heterocycles. The molecule has 1 aliphatic heterocycles. The van der Waals surface area contributed by atoms with Crippen molar-refractivity contribution < 1.29 is 9.52 Å². The van der Waals surface area contributed by atoms with E-state index in [0.29, 0.717) is 0 Å². The molecule has 88 valence electrons. The maximum atomic E-state index is 10.2. The van der Waals surface area contributed by atoms with Gasteiger partial charge in [0.15, 0.2) is 0 Å². The van der Waals surface area contributed by atoms with Crippen LogP contribution in [0.3, 0.4) is 0 Å². The molecule has 0 amide bonds. The fourth-order valence-electron chi connectivity index (χ4n) is 2.38. The lowest BCUT2D eigenvalue weighted by atomic mass is 10.0. The normalized spacial score (nSPS) is 16.0. The smallest absolute Gasteiger partial charge is 0.107 e. The third-order valence-corrected chi connectivity index (χ3v) is 3.41. The molecule has 3 heteroatoms. The lowest BCUT2D eigenvalue weighted by Gasteiger charge is -2.14. The van der Waals surface area contributed by atoms with Gasteiger partial charge in [0.25, 0.3) is 0 Å². The summed E-state index contributed by atoms with van der Waals surface area (Å²) in [5.41, 5.74) is 4.32. The van der Waals surface area contributed by atoms with Crippen LogP contribution in [0.5, 0.6) is 0 Å². The van der Waals surface area contributed by atoms with Gasteiger partial charge in [0.2, 0.25) is 0 Å². The summed E-state index contributed by atoms with van der Waals surface area (Å²) >= 11 is 0.